The average Bonchev–Trinajstić information content (AvgIpc) is 2.73. The molecule has 0 radical (unpaired) electrons. The number of hydrogen-bond donors (Lipinski definition) is 1. The van der Waals surface area contributed by atoms with Crippen LogP contribution in [0.5, 0.6) is 0 Å². The minimum atomic E-state index is -0.785. The number of aromatic nitrogens is 1. The molecule has 1 aliphatic rings. The normalized spacial score (nSPS) is 18.5. The lowest BCUT2D eigenvalue weighted by Gasteiger charge is -2.19. The van der Waals surface area contributed by atoms with Crippen LogP contribution in [-0.4, -0.2) is 39.7 Å². The van der Waals surface area contributed by atoms with Crippen LogP contribution in [-0.2, 0) is 9.59 Å². The second-order valence-electron chi connectivity index (χ2n) is 6.05. The molecular formula is C16H21N3O3. The topological polar surface area (TPSA) is 79.4 Å². The van der Waals surface area contributed by atoms with Crippen LogP contribution in [0.25, 0.3) is 0 Å². The van der Waals surface area contributed by atoms with Gasteiger partial charge in [0.2, 0.25) is 5.91 Å². The Labute approximate surface area is 129 Å². The predicted molar refractivity (Wildman–Crippen MR) is 81.2 cm³/mol. The summed E-state index contributed by atoms with van der Waals surface area (Å²) in [6.07, 6.45) is 1.51. The SMILES string of the molecule is CC(C)c1ccc(C(=O)NC2CC(=O)N(C(C)C)C2=O)cn1. The number of pyridine rings is 1. The van der Waals surface area contributed by atoms with E-state index in [9.17, 15) is 14.4 Å². The van der Waals surface area contributed by atoms with E-state index in [1.807, 2.05) is 13.8 Å². The van der Waals surface area contributed by atoms with E-state index >= 15 is 0 Å². The van der Waals surface area contributed by atoms with Crippen molar-refractivity contribution < 1.29 is 14.4 Å². The van der Waals surface area contributed by atoms with Gasteiger partial charge < -0.3 is 5.32 Å². The van der Waals surface area contributed by atoms with Crippen LogP contribution in [0.4, 0.5) is 0 Å². The summed E-state index contributed by atoms with van der Waals surface area (Å²) in [6, 6.07) is 2.49. The van der Waals surface area contributed by atoms with E-state index in [4.69, 9.17) is 0 Å². The predicted octanol–water partition coefficient (Wildman–Crippen LogP) is 1.47. The molecule has 0 aliphatic carbocycles. The van der Waals surface area contributed by atoms with Crippen LogP contribution in [0, 0.1) is 0 Å². The van der Waals surface area contributed by atoms with Gasteiger partial charge in [-0.1, -0.05) is 13.8 Å². The first-order chi connectivity index (χ1) is 10.3. The van der Waals surface area contributed by atoms with Crippen molar-refractivity contribution in [1.29, 1.82) is 0 Å². The van der Waals surface area contributed by atoms with Gasteiger partial charge in [-0.15, -0.1) is 0 Å². The van der Waals surface area contributed by atoms with Gasteiger partial charge in [0.1, 0.15) is 6.04 Å². The number of amides is 3. The highest BCUT2D eigenvalue weighted by atomic mass is 16.2. The van der Waals surface area contributed by atoms with Crippen molar-refractivity contribution in [2.45, 2.75) is 52.1 Å². The lowest BCUT2D eigenvalue weighted by molar-refractivity contribution is -0.140. The third-order valence-electron chi connectivity index (χ3n) is 3.64. The van der Waals surface area contributed by atoms with Gasteiger partial charge in [-0.25, -0.2) is 0 Å². The Kier molecular flexibility index (Phi) is 4.59. The number of hydrogen-bond acceptors (Lipinski definition) is 4. The molecule has 1 N–H and O–H groups in total. The minimum absolute atomic E-state index is 0.0141. The van der Waals surface area contributed by atoms with Crippen molar-refractivity contribution in [3.8, 4) is 0 Å². The fourth-order valence-electron chi connectivity index (χ4n) is 2.43. The highest BCUT2D eigenvalue weighted by Crippen LogP contribution is 2.17. The van der Waals surface area contributed by atoms with Gasteiger partial charge >= 0.3 is 0 Å². The van der Waals surface area contributed by atoms with Gasteiger partial charge in [-0.3, -0.25) is 24.3 Å². The third kappa shape index (κ3) is 3.16. The molecule has 1 aromatic heterocycles. The van der Waals surface area contributed by atoms with Crippen molar-refractivity contribution in [2.75, 3.05) is 0 Å². The van der Waals surface area contributed by atoms with Crippen molar-refractivity contribution in [3.63, 3.8) is 0 Å². The molecule has 6 nitrogen and oxygen atoms in total. The first-order valence-electron chi connectivity index (χ1n) is 7.44. The summed E-state index contributed by atoms with van der Waals surface area (Å²) >= 11 is 0. The van der Waals surface area contributed by atoms with Crippen molar-refractivity contribution in [2.24, 2.45) is 0 Å². The van der Waals surface area contributed by atoms with E-state index in [1.165, 1.54) is 11.1 Å². The zero-order valence-corrected chi connectivity index (χ0v) is 13.3. The van der Waals surface area contributed by atoms with E-state index in [0.29, 0.717) is 5.56 Å². The van der Waals surface area contributed by atoms with Gasteiger partial charge in [0.25, 0.3) is 11.8 Å². The zero-order chi connectivity index (χ0) is 16.4. The number of imide groups is 1. The molecule has 2 heterocycles. The molecule has 1 aliphatic heterocycles. The van der Waals surface area contributed by atoms with E-state index in [0.717, 1.165) is 5.69 Å². The summed E-state index contributed by atoms with van der Waals surface area (Å²) in [5.74, 6) is -0.705. The fourth-order valence-corrected chi connectivity index (χ4v) is 2.43. The second kappa shape index (κ2) is 6.25. The van der Waals surface area contributed by atoms with Gasteiger partial charge in [-0.05, 0) is 31.9 Å². The highest BCUT2D eigenvalue weighted by molar-refractivity contribution is 6.08. The summed E-state index contributed by atoms with van der Waals surface area (Å²) < 4.78 is 0. The Hall–Kier alpha value is -2.24. The molecule has 2 rings (SSSR count). The molecule has 1 unspecified atom stereocenters. The maximum atomic E-state index is 12.2. The van der Waals surface area contributed by atoms with E-state index in [2.05, 4.69) is 10.3 Å². The van der Waals surface area contributed by atoms with Crippen LogP contribution in [0.1, 0.15) is 56.1 Å². The number of nitrogens with zero attached hydrogens (tertiary/aromatic N) is 2. The summed E-state index contributed by atoms with van der Waals surface area (Å²) in [4.78, 5) is 41.6. The molecule has 1 atom stereocenters. The average molecular weight is 303 g/mol. The van der Waals surface area contributed by atoms with Crippen LogP contribution in [0.15, 0.2) is 18.3 Å². The number of carbonyl (C=O) groups excluding carboxylic acids is 3. The standard InChI is InChI=1S/C16H21N3O3/c1-9(2)12-6-5-11(8-17-12)15(21)18-13-7-14(20)19(10(3)4)16(13)22/h5-6,8-10,13H,7H2,1-4H3,(H,18,21). The van der Waals surface area contributed by atoms with Crippen LogP contribution >= 0.6 is 0 Å². The molecule has 1 aromatic rings. The van der Waals surface area contributed by atoms with Crippen LogP contribution < -0.4 is 5.32 Å². The second-order valence-corrected chi connectivity index (χ2v) is 6.05. The van der Waals surface area contributed by atoms with E-state index in [-0.39, 0.29) is 36.1 Å². The molecule has 22 heavy (non-hydrogen) atoms. The third-order valence-corrected chi connectivity index (χ3v) is 3.64. The Balaban J connectivity index is 2.06. The molecule has 1 fully saturated rings. The monoisotopic (exact) mass is 303 g/mol. The Morgan fingerprint density at radius 3 is 2.41 bits per heavy atom. The molecular weight excluding hydrogens is 282 g/mol. The van der Waals surface area contributed by atoms with Crippen molar-refractivity contribution in [3.05, 3.63) is 29.6 Å². The van der Waals surface area contributed by atoms with Gasteiger partial charge in [0, 0.05) is 17.9 Å². The smallest absolute Gasteiger partial charge is 0.253 e. The molecule has 0 spiro atoms. The van der Waals surface area contributed by atoms with E-state index < -0.39 is 6.04 Å². The summed E-state index contributed by atoms with van der Waals surface area (Å²) in [7, 11) is 0. The van der Waals surface area contributed by atoms with E-state index in [1.54, 1.807) is 26.0 Å². The van der Waals surface area contributed by atoms with Gasteiger partial charge in [0.05, 0.1) is 12.0 Å². The summed E-state index contributed by atoms with van der Waals surface area (Å²) in [6.45, 7) is 7.58. The molecule has 0 saturated carbocycles. The van der Waals surface area contributed by atoms with Crippen molar-refractivity contribution in [1.82, 2.24) is 15.2 Å². The lowest BCUT2D eigenvalue weighted by Crippen LogP contribution is -2.43. The number of nitrogens with one attached hydrogen (secondary N) is 1. The van der Waals surface area contributed by atoms with Gasteiger partial charge in [-0.2, -0.15) is 0 Å². The molecule has 6 heteroatoms. The maximum absolute atomic E-state index is 12.2. The zero-order valence-electron chi connectivity index (χ0n) is 13.3. The number of carbonyl (C=O) groups is 3. The Morgan fingerprint density at radius 2 is 1.95 bits per heavy atom. The van der Waals surface area contributed by atoms with Crippen molar-refractivity contribution >= 4 is 17.7 Å². The Morgan fingerprint density at radius 1 is 1.27 bits per heavy atom. The maximum Gasteiger partial charge on any atom is 0.253 e. The number of likely N-dealkylation sites (tertiary alicyclic amines) is 1. The first-order valence-corrected chi connectivity index (χ1v) is 7.44. The lowest BCUT2D eigenvalue weighted by atomic mass is 10.1. The molecule has 118 valence electrons. The Bertz CT molecular complexity index is 593. The molecule has 1 saturated heterocycles. The highest BCUT2D eigenvalue weighted by Gasteiger charge is 2.40. The molecule has 0 aromatic carbocycles. The summed E-state index contributed by atoms with van der Waals surface area (Å²) in [5, 5.41) is 2.62. The fraction of sp³-hybridized carbons (Fsp3) is 0.500. The summed E-state index contributed by atoms with van der Waals surface area (Å²) in [5.41, 5.74) is 1.28. The molecule has 0 bridgehead atoms. The number of rotatable bonds is 4. The van der Waals surface area contributed by atoms with Gasteiger partial charge in [0.15, 0.2) is 0 Å². The largest absolute Gasteiger partial charge is 0.340 e. The molecule has 3 amide bonds. The first kappa shape index (κ1) is 16.1. The minimum Gasteiger partial charge on any atom is -0.340 e. The van der Waals surface area contributed by atoms with Crippen LogP contribution in [0.2, 0.25) is 0 Å². The van der Waals surface area contributed by atoms with Crippen LogP contribution in [0.3, 0.4) is 0 Å². The quantitative estimate of drug-likeness (QED) is 0.854.